The number of nitrogens with one attached hydrogen (secondary N) is 1. The Morgan fingerprint density at radius 3 is 2.53 bits per heavy atom. The Morgan fingerprint density at radius 1 is 0.895 bits per heavy atom. The highest BCUT2D eigenvalue weighted by molar-refractivity contribution is 6.35. The van der Waals surface area contributed by atoms with Gasteiger partial charge in [0.05, 0.1) is 0 Å². The van der Waals surface area contributed by atoms with Gasteiger partial charge in [0.15, 0.2) is 0 Å². The second-order valence-electron chi connectivity index (χ2n) is 4.29. The minimum atomic E-state index is 0.647. The lowest BCUT2D eigenvalue weighted by atomic mass is 10.1. The number of benzene rings is 2. The van der Waals surface area contributed by atoms with Crippen LogP contribution in [0.1, 0.15) is 11.1 Å². The number of rotatable bonds is 2. The summed E-state index contributed by atoms with van der Waals surface area (Å²) in [7, 11) is 0. The highest BCUT2D eigenvalue weighted by atomic mass is 35.5. The normalized spacial score (nSPS) is 11.5. The molecule has 1 N–H and O–H groups in total. The van der Waals surface area contributed by atoms with Crippen molar-refractivity contribution in [3.63, 3.8) is 0 Å². The van der Waals surface area contributed by atoms with Gasteiger partial charge in [-0.25, -0.2) is 0 Å². The molecule has 1 heterocycles. The maximum atomic E-state index is 6.14. The molecule has 0 radical (unpaired) electrons. The van der Waals surface area contributed by atoms with Crippen LogP contribution in [0, 0.1) is 0 Å². The van der Waals surface area contributed by atoms with E-state index in [4.69, 9.17) is 23.2 Å². The van der Waals surface area contributed by atoms with Crippen LogP contribution in [0.3, 0.4) is 0 Å². The fraction of sp³-hybridized carbons (Fsp3) is 0. The lowest BCUT2D eigenvalue weighted by Gasteiger charge is -1.98. The summed E-state index contributed by atoms with van der Waals surface area (Å²) in [4.78, 5) is 3.24. The second-order valence-corrected chi connectivity index (χ2v) is 5.13. The van der Waals surface area contributed by atoms with E-state index in [1.54, 1.807) is 6.07 Å². The molecular formula is C16H11Cl2N. The molecule has 0 fully saturated rings. The van der Waals surface area contributed by atoms with Crippen molar-refractivity contribution in [2.45, 2.75) is 0 Å². The fourth-order valence-corrected chi connectivity index (χ4v) is 2.52. The van der Waals surface area contributed by atoms with Gasteiger partial charge in [-0.3, -0.25) is 0 Å². The Kier molecular flexibility index (Phi) is 3.33. The molecule has 0 amide bonds. The van der Waals surface area contributed by atoms with Crippen LogP contribution in [-0.2, 0) is 0 Å². The van der Waals surface area contributed by atoms with E-state index in [9.17, 15) is 0 Å². The summed E-state index contributed by atoms with van der Waals surface area (Å²) in [6, 6.07) is 13.7. The predicted octanol–water partition coefficient (Wildman–Crippen LogP) is 5.65. The van der Waals surface area contributed by atoms with Gasteiger partial charge in [0, 0.05) is 27.1 Å². The fourth-order valence-electron chi connectivity index (χ4n) is 2.05. The number of aromatic amines is 1. The van der Waals surface area contributed by atoms with E-state index in [0.29, 0.717) is 10.0 Å². The Labute approximate surface area is 121 Å². The van der Waals surface area contributed by atoms with Crippen molar-refractivity contribution in [2.75, 3.05) is 0 Å². The zero-order chi connectivity index (χ0) is 13.2. The molecule has 0 aliphatic heterocycles. The molecule has 2 aromatic carbocycles. The van der Waals surface area contributed by atoms with Gasteiger partial charge in [0.2, 0.25) is 0 Å². The first-order valence-electron chi connectivity index (χ1n) is 5.93. The van der Waals surface area contributed by atoms with Gasteiger partial charge in [0.25, 0.3) is 0 Å². The van der Waals surface area contributed by atoms with Crippen LogP contribution in [-0.4, -0.2) is 4.98 Å². The molecule has 0 spiro atoms. The summed E-state index contributed by atoms with van der Waals surface area (Å²) in [6.07, 6.45) is 6.03. The first-order chi connectivity index (χ1) is 9.24. The van der Waals surface area contributed by atoms with Crippen molar-refractivity contribution in [3.05, 3.63) is 69.8 Å². The average Bonchev–Trinajstić information content (AvgIpc) is 2.81. The highest BCUT2D eigenvalue weighted by Gasteiger charge is 2.00. The van der Waals surface area contributed by atoms with Crippen molar-refractivity contribution in [1.29, 1.82) is 0 Å². The summed E-state index contributed by atoms with van der Waals surface area (Å²) in [5, 5.41) is 2.50. The Hall–Kier alpha value is -1.70. The first-order valence-corrected chi connectivity index (χ1v) is 6.69. The van der Waals surface area contributed by atoms with Crippen molar-refractivity contribution in [1.82, 2.24) is 4.98 Å². The zero-order valence-electron chi connectivity index (χ0n) is 10.0. The van der Waals surface area contributed by atoms with Crippen LogP contribution >= 0.6 is 23.2 Å². The van der Waals surface area contributed by atoms with Gasteiger partial charge in [-0.15, -0.1) is 0 Å². The number of aromatic nitrogens is 1. The molecular weight excluding hydrogens is 277 g/mol. The van der Waals surface area contributed by atoms with Crippen molar-refractivity contribution >= 4 is 46.3 Å². The Balaban J connectivity index is 1.98. The molecule has 0 saturated carbocycles. The second kappa shape index (κ2) is 5.12. The third-order valence-corrected chi connectivity index (χ3v) is 3.59. The topological polar surface area (TPSA) is 15.8 Å². The van der Waals surface area contributed by atoms with Crippen LogP contribution in [0.2, 0.25) is 10.0 Å². The molecule has 3 rings (SSSR count). The smallest absolute Gasteiger partial charge is 0.0493 e. The molecule has 3 heteroatoms. The number of fused-ring (bicyclic) bond motifs is 1. The summed E-state index contributed by atoms with van der Waals surface area (Å²) in [6.45, 7) is 0. The number of halogens is 2. The third-order valence-electron chi connectivity index (χ3n) is 3.03. The zero-order valence-corrected chi connectivity index (χ0v) is 11.5. The first kappa shape index (κ1) is 12.3. The van der Waals surface area contributed by atoms with Gasteiger partial charge < -0.3 is 4.98 Å². The third kappa shape index (κ3) is 2.53. The number of H-pyrrole nitrogens is 1. The molecule has 1 aromatic heterocycles. The van der Waals surface area contributed by atoms with Crippen LogP contribution in [0.15, 0.2) is 48.7 Å². The van der Waals surface area contributed by atoms with E-state index in [0.717, 1.165) is 16.6 Å². The molecule has 3 aromatic rings. The molecule has 1 nitrogen and oxygen atoms in total. The highest BCUT2D eigenvalue weighted by Crippen LogP contribution is 2.24. The monoisotopic (exact) mass is 287 g/mol. The van der Waals surface area contributed by atoms with Crippen molar-refractivity contribution < 1.29 is 0 Å². The molecule has 0 unspecified atom stereocenters. The lowest BCUT2D eigenvalue weighted by Crippen LogP contribution is -1.75. The standard InChI is InChI=1S/C16H11Cl2N/c17-13-8-7-11(15(18)9-13)5-6-12-10-19-16-4-2-1-3-14(12)16/h1-10,19H/b6-5+. The number of para-hydroxylation sites is 1. The van der Waals surface area contributed by atoms with E-state index in [1.165, 1.54) is 5.39 Å². The van der Waals surface area contributed by atoms with Crippen molar-refractivity contribution in [3.8, 4) is 0 Å². The summed E-state index contributed by atoms with van der Waals surface area (Å²) < 4.78 is 0. The number of hydrogen-bond donors (Lipinski definition) is 1. The van der Waals surface area contributed by atoms with E-state index in [-0.39, 0.29) is 0 Å². The Bertz CT molecular complexity index is 756. The molecule has 94 valence electrons. The van der Waals surface area contributed by atoms with Crippen molar-refractivity contribution in [2.24, 2.45) is 0 Å². The molecule has 0 saturated heterocycles. The maximum absolute atomic E-state index is 6.14. The minimum absolute atomic E-state index is 0.647. The van der Waals surface area contributed by atoms with Gasteiger partial charge in [-0.2, -0.15) is 0 Å². The van der Waals surface area contributed by atoms with Crippen LogP contribution < -0.4 is 0 Å². The molecule has 0 atom stereocenters. The maximum Gasteiger partial charge on any atom is 0.0493 e. The molecule has 0 bridgehead atoms. The van der Waals surface area contributed by atoms with Crippen LogP contribution in [0.25, 0.3) is 23.1 Å². The summed E-state index contributed by atoms with van der Waals surface area (Å²) in [5.74, 6) is 0. The largest absolute Gasteiger partial charge is 0.361 e. The SMILES string of the molecule is Clc1ccc(/C=C/c2c[nH]c3ccccc23)c(Cl)c1. The van der Waals surface area contributed by atoms with E-state index >= 15 is 0 Å². The van der Waals surface area contributed by atoms with Gasteiger partial charge >= 0.3 is 0 Å². The van der Waals surface area contributed by atoms with E-state index in [2.05, 4.69) is 17.1 Å². The minimum Gasteiger partial charge on any atom is -0.361 e. The predicted molar refractivity (Wildman–Crippen MR) is 83.7 cm³/mol. The quantitative estimate of drug-likeness (QED) is 0.627. The van der Waals surface area contributed by atoms with Crippen LogP contribution in [0.4, 0.5) is 0 Å². The summed E-state index contributed by atoms with van der Waals surface area (Å²) in [5.41, 5.74) is 3.22. The van der Waals surface area contributed by atoms with E-state index < -0.39 is 0 Å². The lowest BCUT2D eigenvalue weighted by molar-refractivity contribution is 1.47. The van der Waals surface area contributed by atoms with Gasteiger partial charge in [0.1, 0.15) is 0 Å². The van der Waals surface area contributed by atoms with E-state index in [1.807, 2.05) is 42.6 Å². The molecule has 19 heavy (non-hydrogen) atoms. The van der Waals surface area contributed by atoms with Gasteiger partial charge in [-0.05, 0) is 29.3 Å². The summed E-state index contributed by atoms with van der Waals surface area (Å²) >= 11 is 12.0. The van der Waals surface area contributed by atoms with Gasteiger partial charge in [-0.1, -0.05) is 59.6 Å². The van der Waals surface area contributed by atoms with Crippen LogP contribution in [0.5, 0.6) is 0 Å². The molecule has 0 aliphatic carbocycles. The average molecular weight is 288 g/mol. The number of hydrogen-bond acceptors (Lipinski definition) is 0. The molecule has 0 aliphatic rings. The Morgan fingerprint density at radius 2 is 1.68 bits per heavy atom.